The van der Waals surface area contributed by atoms with Crippen molar-refractivity contribution in [3.63, 3.8) is 0 Å². The second-order valence-electron chi connectivity index (χ2n) is 8.67. The highest BCUT2D eigenvalue weighted by Crippen LogP contribution is 2.44. The quantitative estimate of drug-likeness (QED) is 0.659. The van der Waals surface area contributed by atoms with Gasteiger partial charge in [0.25, 0.3) is 0 Å². The maximum absolute atomic E-state index is 12.4. The number of ether oxygens (including phenoxy) is 1. The average molecular weight is 437 g/mol. The van der Waals surface area contributed by atoms with Crippen LogP contribution in [0.4, 0.5) is 4.79 Å². The third kappa shape index (κ3) is 4.77. The summed E-state index contributed by atoms with van der Waals surface area (Å²) in [5.41, 5.74) is 4.65. The summed E-state index contributed by atoms with van der Waals surface area (Å²) in [6.45, 7) is 3.19. The lowest BCUT2D eigenvalue weighted by Gasteiger charge is -2.39. The molecular formula is C25H28N2O5. The molecule has 7 heteroatoms. The fraction of sp³-hybridized carbons (Fsp3) is 0.400. The summed E-state index contributed by atoms with van der Waals surface area (Å²) in [7, 11) is 0. The van der Waals surface area contributed by atoms with Gasteiger partial charge in [-0.3, -0.25) is 9.59 Å². The number of aliphatic carboxylic acids is 1. The van der Waals surface area contributed by atoms with Gasteiger partial charge in [-0.1, -0.05) is 48.5 Å². The number of rotatable bonds is 8. The Morgan fingerprint density at radius 3 is 2.25 bits per heavy atom. The Bertz CT molecular complexity index is 969. The Morgan fingerprint density at radius 1 is 1.06 bits per heavy atom. The van der Waals surface area contributed by atoms with E-state index in [2.05, 4.69) is 29.6 Å². The molecule has 4 rings (SSSR count). The molecule has 2 aliphatic rings. The van der Waals surface area contributed by atoms with Crippen LogP contribution in [0.5, 0.6) is 0 Å². The van der Waals surface area contributed by atoms with Crippen molar-refractivity contribution in [2.45, 2.75) is 38.1 Å². The number of nitrogens with zero attached hydrogens (tertiary/aromatic N) is 1. The van der Waals surface area contributed by atoms with Crippen LogP contribution in [0, 0.1) is 5.92 Å². The molecule has 0 aromatic heterocycles. The van der Waals surface area contributed by atoms with E-state index >= 15 is 0 Å². The van der Waals surface area contributed by atoms with Gasteiger partial charge in [0.2, 0.25) is 5.91 Å². The predicted molar refractivity (Wildman–Crippen MR) is 119 cm³/mol. The van der Waals surface area contributed by atoms with Crippen molar-refractivity contribution < 1.29 is 24.2 Å². The summed E-state index contributed by atoms with van der Waals surface area (Å²) < 4.78 is 5.53. The standard InChI is InChI=1S/C25H28N2O5/c1-16(12-23(28)27-13-17(14-27)10-11-24(29)30)26-25(31)32-15-22-20-8-4-2-6-18(20)19-7-3-5-9-21(19)22/h2-9,16-17,22H,10-15H2,1H3,(H,26,31)(H,29,30)/t16-/m0/s1. The second kappa shape index (κ2) is 9.42. The van der Waals surface area contributed by atoms with Crippen molar-refractivity contribution in [1.29, 1.82) is 0 Å². The molecular weight excluding hydrogens is 408 g/mol. The molecule has 0 spiro atoms. The van der Waals surface area contributed by atoms with Crippen LogP contribution in [0.15, 0.2) is 48.5 Å². The van der Waals surface area contributed by atoms with Gasteiger partial charge < -0.3 is 20.1 Å². The molecule has 32 heavy (non-hydrogen) atoms. The molecule has 0 unspecified atom stereocenters. The zero-order valence-electron chi connectivity index (χ0n) is 18.1. The molecule has 2 amide bonds. The molecule has 1 atom stereocenters. The Balaban J connectivity index is 1.23. The van der Waals surface area contributed by atoms with E-state index in [1.54, 1.807) is 11.8 Å². The molecule has 0 bridgehead atoms. The van der Waals surface area contributed by atoms with Crippen molar-refractivity contribution in [1.82, 2.24) is 10.2 Å². The minimum atomic E-state index is -0.810. The van der Waals surface area contributed by atoms with Crippen LogP contribution < -0.4 is 5.32 Å². The van der Waals surface area contributed by atoms with E-state index in [-0.39, 0.29) is 43.2 Å². The molecule has 1 aliphatic heterocycles. The van der Waals surface area contributed by atoms with Crippen molar-refractivity contribution in [3.05, 3.63) is 59.7 Å². The minimum absolute atomic E-state index is 0.00564. The van der Waals surface area contributed by atoms with Gasteiger partial charge in [0, 0.05) is 37.9 Å². The van der Waals surface area contributed by atoms with Gasteiger partial charge >= 0.3 is 12.1 Å². The summed E-state index contributed by atoms with van der Waals surface area (Å²) in [6.07, 6.45) is 0.379. The molecule has 168 valence electrons. The van der Waals surface area contributed by atoms with E-state index in [1.807, 2.05) is 24.3 Å². The molecule has 0 radical (unpaired) electrons. The Morgan fingerprint density at radius 2 is 1.66 bits per heavy atom. The van der Waals surface area contributed by atoms with Gasteiger partial charge in [-0.05, 0) is 41.5 Å². The van der Waals surface area contributed by atoms with E-state index in [9.17, 15) is 14.4 Å². The van der Waals surface area contributed by atoms with E-state index in [0.29, 0.717) is 19.5 Å². The fourth-order valence-corrected chi connectivity index (χ4v) is 4.57. The van der Waals surface area contributed by atoms with Gasteiger partial charge in [0.1, 0.15) is 6.61 Å². The number of likely N-dealkylation sites (tertiary alicyclic amines) is 1. The number of fused-ring (bicyclic) bond motifs is 3. The van der Waals surface area contributed by atoms with Gasteiger partial charge in [-0.25, -0.2) is 4.79 Å². The van der Waals surface area contributed by atoms with Crippen molar-refractivity contribution in [2.24, 2.45) is 5.92 Å². The van der Waals surface area contributed by atoms with Crippen LogP contribution in [-0.4, -0.2) is 53.7 Å². The first kappa shape index (κ1) is 21.9. The lowest BCUT2D eigenvalue weighted by molar-refractivity contribution is -0.139. The van der Waals surface area contributed by atoms with Crippen LogP contribution in [-0.2, 0) is 14.3 Å². The van der Waals surface area contributed by atoms with Crippen LogP contribution >= 0.6 is 0 Å². The first-order valence-corrected chi connectivity index (χ1v) is 11.0. The average Bonchev–Trinajstić information content (AvgIpc) is 3.04. The molecule has 0 saturated carbocycles. The van der Waals surface area contributed by atoms with Crippen molar-refractivity contribution >= 4 is 18.0 Å². The van der Waals surface area contributed by atoms with E-state index in [4.69, 9.17) is 9.84 Å². The highest BCUT2D eigenvalue weighted by Gasteiger charge is 2.32. The monoisotopic (exact) mass is 436 g/mol. The predicted octanol–water partition coefficient (Wildman–Crippen LogP) is 3.63. The van der Waals surface area contributed by atoms with E-state index < -0.39 is 12.1 Å². The number of carbonyl (C=O) groups excluding carboxylic acids is 2. The largest absolute Gasteiger partial charge is 0.481 e. The highest BCUT2D eigenvalue weighted by molar-refractivity contribution is 5.80. The number of nitrogens with one attached hydrogen (secondary N) is 1. The summed E-state index contributed by atoms with van der Waals surface area (Å²) in [5, 5.41) is 11.5. The number of carboxylic acid groups (broad SMARTS) is 1. The number of alkyl carbamates (subject to hydrolysis) is 1. The zero-order valence-corrected chi connectivity index (χ0v) is 18.1. The number of benzene rings is 2. The van der Waals surface area contributed by atoms with Crippen molar-refractivity contribution in [2.75, 3.05) is 19.7 Å². The molecule has 1 aliphatic carbocycles. The number of hydrogen-bond acceptors (Lipinski definition) is 4. The molecule has 2 N–H and O–H groups in total. The third-order valence-corrected chi connectivity index (χ3v) is 6.27. The lowest BCUT2D eigenvalue weighted by Crippen LogP contribution is -2.51. The Hall–Kier alpha value is -3.35. The van der Waals surface area contributed by atoms with Crippen LogP contribution in [0.1, 0.15) is 43.2 Å². The maximum Gasteiger partial charge on any atom is 0.407 e. The minimum Gasteiger partial charge on any atom is -0.481 e. The first-order chi connectivity index (χ1) is 15.4. The topological polar surface area (TPSA) is 95.9 Å². The molecule has 1 saturated heterocycles. The smallest absolute Gasteiger partial charge is 0.407 e. The maximum atomic E-state index is 12.4. The van der Waals surface area contributed by atoms with Crippen LogP contribution in [0.2, 0.25) is 0 Å². The zero-order chi connectivity index (χ0) is 22.7. The van der Waals surface area contributed by atoms with Gasteiger partial charge in [0.15, 0.2) is 0 Å². The van der Waals surface area contributed by atoms with Gasteiger partial charge in [-0.2, -0.15) is 0 Å². The van der Waals surface area contributed by atoms with E-state index in [1.165, 1.54) is 11.1 Å². The first-order valence-electron chi connectivity index (χ1n) is 11.0. The van der Waals surface area contributed by atoms with Crippen molar-refractivity contribution in [3.8, 4) is 11.1 Å². The molecule has 2 aromatic carbocycles. The second-order valence-corrected chi connectivity index (χ2v) is 8.67. The highest BCUT2D eigenvalue weighted by atomic mass is 16.5. The fourth-order valence-electron chi connectivity index (χ4n) is 4.57. The van der Waals surface area contributed by atoms with Crippen LogP contribution in [0.25, 0.3) is 11.1 Å². The lowest BCUT2D eigenvalue weighted by atomic mass is 9.94. The van der Waals surface area contributed by atoms with Gasteiger partial charge in [0.05, 0.1) is 0 Å². The number of carbonyl (C=O) groups is 3. The van der Waals surface area contributed by atoms with E-state index in [0.717, 1.165) is 11.1 Å². The summed E-state index contributed by atoms with van der Waals surface area (Å²) in [5.74, 6) is -0.604. The molecule has 2 aromatic rings. The summed E-state index contributed by atoms with van der Waals surface area (Å²) in [6, 6.07) is 16.0. The third-order valence-electron chi connectivity index (χ3n) is 6.27. The number of hydrogen-bond donors (Lipinski definition) is 2. The number of carboxylic acids is 1. The molecule has 7 nitrogen and oxygen atoms in total. The molecule has 1 heterocycles. The van der Waals surface area contributed by atoms with Crippen LogP contribution in [0.3, 0.4) is 0 Å². The Labute approximate surface area is 187 Å². The summed E-state index contributed by atoms with van der Waals surface area (Å²) in [4.78, 5) is 37.1. The SMILES string of the molecule is C[C@@H](CC(=O)N1CC(CCC(=O)O)C1)NC(=O)OCC1c2ccccc2-c2ccccc21. The van der Waals surface area contributed by atoms with Gasteiger partial charge in [-0.15, -0.1) is 0 Å². The number of amides is 2. The normalized spacial score (nSPS) is 16.0. The molecule has 1 fully saturated rings. The Kier molecular flexibility index (Phi) is 6.44. The summed E-state index contributed by atoms with van der Waals surface area (Å²) >= 11 is 0.